The Labute approximate surface area is 96.6 Å². The highest BCUT2D eigenvalue weighted by Crippen LogP contribution is 2.03. The second-order valence-electron chi connectivity index (χ2n) is 3.76. The van der Waals surface area contributed by atoms with Crippen molar-refractivity contribution < 1.29 is 5.11 Å². The first-order valence-electron chi connectivity index (χ1n) is 5.24. The summed E-state index contributed by atoms with van der Waals surface area (Å²) in [6.45, 7) is 6.11. The Bertz CT molecular complexity index is 387. The average molecular weight is 215 g/mol. The fraction of sp³-hybridized carbons (Fsp3) is 0.214. The number of nitrogens with zero attached hydrogens (tertiary/aromatic N) is 1. The molecule has 1 aromatic heterocycles. The van der Waals surface area contributed by atoms with Crippen LogP contribution < -0.4 is 0 Å². The van der Waals surface area contributed by atoms with Gasteiger partial charge >= 0.3 is 0 Å². The highest BCUT2D eigenvalue weighted by molar-refractivity contribution is 5.18. The minimum atomic E-state index is 0.322. The second-order valence-corrected chi connectivity index (χ2v) is 3.76. The molecule has 0 spiro atoms. The smallest absolute Gasteiger partial charge is 0.115 e. The lowest BCUT2D eigenvalue weighted by Crippen LogP contribution is -1.85. The number of aromatic nitrogens is 1. The van der Waals surface area contributed by atoms with Gasteiger partial charge in [0.15, 0.2) is 0 Å². The summed E-state index contributed by atoms with van der Waals surface area (Å²) in [4.78, 5) is 4.23. The summed E-state index contributed by atoms with van der Waals surface area (Å²) in [7, 11) is 0. The number of pyridine rings is 1. The molecule has 0 atom stereocenters. The number of phenolic OH excluding ortho intramolecular Hbond substituents is 1. The third kappa shape index (κ3) is 4.60. The minimum absolute atomic E-state index is 0.322. The Hall–Kier alpha value is -1.83. The van der Waals surface area contributed by atoms with Crippen LogP contribution in [-0.2, 0) is 0 Å². The summed E-state index contributed by atoms with van der Waals surface area (Å²) >= 11 is 0. The molecular formula is C14H17NO. The van der Waals surface area contributed by atoms with Crippen LogP contribution in [0.25, 0.3) is 0 Å². The zero-order chi connectivity index (χ0) is 12.0. The molecule has 0 aliphatic carbocycles. The third-order valence-corrected chi connectivity index (χ3v) is 1.98. The number of rotatable bonds is 0. The van der Waals surface area contributed by atoms with Crippen molar-refractivity contribution in [3.8, 4) is 5.75 Å². The fourth-order valence-electron chi connectivity index (χ4n) is 1.47. The van der Waals surface area contributed by atoms with E-state index >= 15 is 0 Å². The Morgan fingerprint density at radius 3 is 1.69 bits per heavy atom. The van der Waals surface area contributed by atoms with E-state index in [1.54, 1.807) is 24.3 Å². The van der Waals surface area contributed by atoms with Crippen molar-refractivity contribution >= 4 is 0 Å². The zero-order valence-electron chi connectivity index (χ0n) is 9.94. The molecule has 16 heavy (non-hydrogen) atoms. The van der Waals surface area contributed by atoms with Gasteiger partial charge in [0.2, 0.25) is 0 Å². The fourth-order valence-corrected chi connectivity index (χ4v) is 1.47. The molecule has 0 radical (unpaired) electrons. The van der Waals surface area contributed by atoms with Gasteiger partial charge in [0, 0.05) is 11.4 Å². The Balaban J connectivity index is 0.000000165. The van der Waals surface area contributed by atoms with Crippen LogP contribution in [0.1, 0.15) is 17.0 Å². The molecule has 0 unspecified atom stereocenters. The van der Waals surface area contributed by atoms with Crippen LogP contribution in [0.5, 0.6) is 5.75 Å². The van der Waals surface area contributed by atoms with E-state index in [0.29, 0.717) is 5.75 Å². The number of para-hydroxylation sites is 1. The first-order chi connectivity index (χ1) is 7.58. The monoisotopic (exact) mass is 215 g/mol. The van der Waals surface area contributed by atoms with E-state index in [0.717, 1.165) is 11.4 Å². The molecule has 2 rings (SSSR count). The molecule has 2 heteroatoms. The third-order valence-electron chi connectivity index (χ3n) is 1.98. The molecule has 0 bridgehead atoms. The summed E-state index contributed by atoms with van der Waals surface area (Å²) in [5.74, 6) is 0.322. The summed E-state index contributed by atoms with van der Waals surface area (Å²) < 4.78 is 0. The van der Waals surface area contributed by atoms with Gasteiger partial charge in [-0.15, -0.1) is 0 Å². The summed E-state index contributed by atoms with van der Waals surface area (Å²) in [5, 5.41) is 8.63. The highest BCUT2D eigenvalue weighted by Gasteiger charge is 1.88. The van der Waals surface area contributed by atoms with Crippen molar-refractivity contribution in [3.63, 3.8) is 0 Å². The first-order valence-corrected chi connectivity index (χ1v) is 5.24. The van der Waals surface area contributed by atoms with Crippen molar-refractivity contribution in [2.75, 3.05) is 0 Å². The number of benzene rings is 1. The average Bonchev–Trinajstić information content (AvgIpc) is 2.17. The maximum absolute atomic E-state index is 8.63. The van der Waals surface area contributed by atoms with Crippen LogP contribution >= 0.6 is 0 Å². The molecule has 2 aromatic rings. The quantitative estimate of drug-likeness (QED) is 0.730. The number of hydrogen-bond acceptors (Lipinski definition) is 2. The van der Waals surface area contributed by atoms with Crippen molar-refractivity contribution in [1.29, 1.82) is 0 Å². The standard InChI is InChI=1S/C8H11N.C6H6O/c1-6-4-7(2)9-8(3)5-6;7-6-4-2-1-3-5-6/h4-5H,1-3H3;1-5,7H. The van der Waals surface area contributed by atoms with Crippen molar-refractivity contribution in [1.82, 2.24) is 4.98 Å². The largest absolute Gasteiger partial charge is 0.508 e. The molecular weight excluding hydrogens is 198 g/mol. The van der Waals surface area contributed by atoms with Crippen LogP contribution in [0, 0.1) is 20.8 Å². The van der Waals surface area contributed by atoms with Crippen LogP contribution in [0.3, 0.4) is 0 Å². The molecule has 0 amide bonds. The topological polar surface area (TPSA) is 33.1 Å². The van der Waals surface area contributed by atoms with Crippen LogP contribution in [0.2, 0.25) is 0 Å². The molecule has 0 aliphatic heterocycles. The van der Waals surface area contributed by atoms with E-state index in [-0.39, 0.29) is 0 Å². The molecule has 2 nitrogen and oxygen atoms in total. The predicted molar refractivity (Wildman–Crippen MR) is 66.6 cm³/mol. The Kier molecular flexibility index (Phi) is 4.52. The van der Waals surface area contributed by atoms with Crippen LogP contribution in [-0.4, -0.2) is 10.1 Å². The number of aryl methyl sites for hydroxylation is 3. The lowest BCUT2D eigenvalue weighted by Gasteiger charge is -1.96. The van der Waals surface area contributed by atoms with E-state index < -0.39 is 0 Å². The van der Waals surface area contributed by atoms with Gasteiger partial charge in [-0.05, 0) is 50.6 Å². The maximum Gasteiger partial charge on any atom is 0.115 e. The van der Waals surface area contributed by atoms with Gasteiger partial charge < -0.3 is 5.11 Å². The van der Waals surface area contributed by atoms with Crippen molar-refractivity contribution in [2.45, 2.75) is 20.8 Å². The molecule has 0 aliphatic rings. The minimum Gasteiger partial charge on any atom is -0.508 e. The summed E-state index contributed by atoms with van der Waals surface area (Å²) in [6, 6.07) is 12.9. The van der Waals surface area contributed by atoms with Gasteiger partial charge in [-0.1, -0.05) is 18.2 Å². The van der Waals surface area contributed by atoms with Crippen molar-refractivity contribution in [3.05, 3.63) is 59.4 Å². The van der Waals surface area contributed by atoms with E-state index in [4.69, 9.17) is 5.11 Å². The van der Waals surface area contributed by atoms with E-state index in [9.17, 15) is 0 Å². The van der Waals surface area contributed by atoms with E-state index in [2.05, 4.69) is 24.0 Å². The molecule has 1 aromatic carbocycles. The van der Waals surface area contributed by atoms with Crippen LogP contribution in [0.15, 0.2) is 42.5 Å². The Morgan fingerprint density at radius 2 is 1.38 bits per heavy atom. The number of phenols is 1. The van der Waals surface area contributed by atoms with E-state index in [1.807, 2.05) is 19.9 Å². The van der Waals surface area contributed by atoms with E-state index in [1.165, 1.54) is 5.56 Å². The van der Waals surface area contributed by atoms with Crippen LogP contribution in [0.4, 0.5) is 0 Å². The van der Waals surface area contributed by atoms with Gasteiger partial charge in [-0.2, -0.15) is 0 Å². The molecule has 0 saturated carbocycles. The maximum atomic E-state index is 8.63. The van der Waals surface area contributed by atoms with Gasteiger partial charge in [-0.3, -0.25) is 4.98 Å². The zero-order valence-corrected chi connectivity index (χ0v) is 9.94. The number of aromatic hydroxyl groups is 1. The summed E-state index contributed by atoms with van der Waals surface area (Å²) in [6.07, 6.45) is 0. The van der Waals surface area contributed by atoms with Gasteiger partial charge in [0.25, 0.3) is 0 Å². The molecule has 0 fully saturated rings. The lowest BCUT2D eigenvalue weighted by atomic mass is 10.2. The lowest BCUT2D eigenvalue weighted by molar-refractivity contribution is 0.475. The van der Waals surface area contributed by atoms with Gasteiger partial charge in [-0.25, -0.2) is 0 Å². The number of hydrogen-bond donors (Lipinski definition) is 1. The normalized spacial score (nSPS) is 9.19. The molecule has 84 valence electrons. The van der Waals surface area contributed by atoms with Gasteiger partial charge in [0.05, 0.1) is 0 Å². The van der Waals surface area contributed by atoms with Gasteiger partial charge in [0.1, 0.15) is 5.75 Å². The first kappa shape index (κ1) is 12.2. The second kappa shape index (κ2) is 5.91. The molecule has 0 saturated heterocycles. The molecule has 1 heterocycles. The summed E-state index contributed by atoms with van der Waals surface area (Å²) in [5.41, 5.74) is 3.50. The SMILES string of the molecule is Cc1cc(C)nc(C)c1.Oc1ccccc1. The van der Waals surface area contributed by atoms with Crippen molar-refractivity contribution in [2.24, 2.45) is 0 Å². The predicted octanol–water partition coefficient (Wildman–Crippen LogP) is 3.40. The highest BCUT2D eigenvalue weighted by atomic mass is 16.3. The Morgan fingerprint density at radius 1 is 0.875 bits per heavy atom. The molecule has 1 N–H and O–H groups in total.